The summed E-state index contributed by atoms with van der Waals surface area (Å²) in [4.78, 5) is 1.43. The molecule has 1 N–H and O–H groups in total. The van der Waals surface area contributed by atoms with E-state index >= 15 is 0 Å². The Labute approximate surface area is 104 Å². The van der Waals surface area contributed by atoms with Crippen molar-refractivity contribution in [2.75, 3.05) is 0 Å². The fourth-order valence-corrected chi connectivity index (χ4v) is 3.79. The summed E-state index contributed by atoms with van der Waals surface area (Å²) in [6.07, 6.45) is 4.08. The molecule has 1 heterocycles. The lowest BCUT2D eigenvalue weighted by molar-refractivity contribution is 0.453. The van der Waals surface area contributed by atoms with Crippen molar-refractivity contribution in [2.45, 2.75) is 45.2 Å². The third kappa shape index (κ3) is 3.05. The molecule has 0 amide bonds. The van der Waals surface area contributed by atoms with Gasteiger partial charge >= 0.3 is 0 Å². The van der Waals surface area contributed by atoms with Gasteiger partial charge in [0, 0.05) is 17.0 Å². The molecular formula is C12H18BrNS. The van der Waals surface area contributed by atoms with Crippen LogP contribution in [0.25, 0.3) is 0 Å². The van der Waals surface area contributed by atoms with Gasteiger partial charge in [0.2, 0.25) is 0 Å². The van der Waals surface area contributed by atoms with Crippen molar-refractivity contribution in [1.29, 1.82) is 0 Å². The van der Waals surface area contributed by atoms with Crippen LogP contribution in [0.5, 0.6) is 0 Å². The van der Waals surface area contributed by atoms with Gasteiger partial charge < -0.3 is 5.32 Å². The van der Waals surface area contributed by atoms with E-state index in [0.29, 0.717) is 6.04 Å². The first kappa shape index (κ1) is 11.6. The number of nitrogens with one attached hydrogen (secondary N) is 1. The highest BCUT2D eigenvalue weighted by molar-refractivity contribution is 9.11. The molecule has 1 saturated carbocycles. The molecule has 1 aliphatic rings. The summed E-state index contributed by atoms with van der Waals surface area (Å²) in [5.74, 6) is 0.907. The van der Waals surface area contributed by atoms with E-state index in [1.165, 1.54) is 27.9 Å². The minimum Gasteiger partial charge on any atom is -0.307 e. The van der Waals surface area contributed by atoms with Crippen LogP contribution in [-0.4, -0.2) is 6.04 Å². The number of hydrogen-bond donors (Lipinski definition) is 1. The van der Waals surface area contributed by atoms with E-state index in [9.17, 15) is 0 Å². The summed E-state index contributed by atoms with van der Waals surface area (Å²) in [5.41, 5.74) is 0. The van der Waals surface area contributed by atoms with Crippen molar-refractivity contribution in [2.24, 2.45) is 5.92 Å². The highest BCUT2D eigenvalue weighted by Crippen LogP contribution is 2.30. The molecule has 1 aromatic heterocycles. The molecule has 1 fully saturated rings. The first-order valence-electron chi connectivity index (χ1n) is 5.66. The maximum Gasteiger partial charge on any atom is 0.0701 e. The van der Waals surface area contributed by atoms with Crippen molar-refractivity contribution < 1.29 is 0 Å². The molecule has 1 aliphatic carbocycles. The van der Waals surface area contributed by atoms with Gasteiger partial charge in [-0.25, -0.2) is 0 Å². The Morgan fingerprint density at radius 1 is 1.47 bits per heavy atom. The lowest BCUT2D eigenvalue weighted by Crippen LogP contribution is -2.28. The molecule has 3 unspecified atom stereocenters. The van der Waals surface area contributed by atoms with Crippen molar-refractivity contribution in [1.82, 2.24) is 5.32 Å². The predicted octanol–water partition coefficient (Wildman–Crippen LogP) is 4.35. The van der Waals surface area contributed by atoms with Gasteiger partial charge in [-0.05, 0) is 60.2 Å². The monoisotopic (exact) mass is 287 g/mol. The highest BCUT2D eigenvalue weighted by atomic mass is 79.9. The Kier molecular flexibility index (Phi) is 3.86. The third-order valence-corrected chi connectivity index (χ3v) is 5.01. The number of rotatable bonds is 3. The standard InChI is InChI=1S/C12H18BrNS/c1-8-3-4-10(7-8)14-9(2)11-5-6-12(13)15-11/h5-6,8-10,14H,3-4,7H2,1-2H3. The van der Waals surface area contributed by atoms with Crippen molar-refractivity contribution >= 4 is 27.3 Å². The second kappa shape index (κ2) is 4.98. The third-order valence-electron chi connectivity index (χ3n) is 3.20. The Bertz CT molecular complexity index is 323. The number of thiophene rings is 1. The minimum absolute atomic E-state index is 0.497. The maximum absolute atomic E-state index is 3.73. The van der Waals surface area contributed by atoms with Crippen molar-refractivity contribution in [3.05, 3.63) is 20.8 Å². The van der Waals surface area contributed by atoms with E-state index in [1.807, 2.05) is 11.3 Å². The zero-order valence-electron chi connectivity index (χ0n) is 9.29. The molecule has 2 rings (SSSR count). The molecule has 15 heavy (non-hydrogen) atoms. The van der Waals surface area contributed by atoms with Crippen LogP contribution in [0.1, 0.15) is 44.0 Å². The second-order valence-electron chi connectivity index (χ2n) is 4.65. The molecule has 3 heteroatoms. The topological polar surface area (TPSA) is 12.0 Å². The average Bonchev–Trinajstić information content (AvgIpc) is 2.75. The van der Waals surface area contributed by atoms with Crippen molar-refractivity contribution in [3.63, 3.8) is 0 Å². The normalized spacial score (nSPS) is 28.2. The zero-order valence-corrected chi connectivity index (χ0v) is 11.7. The van der Waals surface area contributed by atoms with E-state index in [-0.39, 0.29) is 0 Å². The van der Waals surface area contributed by atoms with Crippen molar-refractivity contribution in [3.8, 4) is 0 Å². The zero-order chi connectivity index (χ0) is 10.8. The summed E-state index contributed by atoms with van der Waals surface area (Å²) in [6.45, 7) is 4.62. The molecule has 0 aliphatic heterocycles. The summed E-state index contributed by atoms with van der Waals surface area (Å²) >= 11 is 5.35. The lowest BCUT2D eigenvalue weighted by atomic mass is 10.1. The van der Waals surface area contributed by atoms with Gasteiger partial charge in [-0.3, -0.25) is 0 Å². The Morgan fingerprint density at radius 2 is 2.27 bits per heavy atom. The molecule has 3 atom stereocenters. The van der Waals surface area contributed by atoms with E-state index in [4.69, 9.17) is 0 Å². The summed E-state index contributed by atoms with van der Waals surface area (Å²) in [6, 6.07) is 5.58. The van der Waals surface area contributed by atoms with Crippen LogP contribution < -0.4 is 5.32 Å². The molecular weight excluding hydrogens is 270 g/mol. The van der Waals surface area contributed by atoms with Gasteiger partial charge in [0.25, 0.3) is 0 Å². The van der Waals surface area contributed by atoms with Gasteiger partial charge in [-0.1, -0.05) is 6.92 Å². The SMILES string of the molecule is CC1CCC(NC(C)c2ccc(Br)s2)C1. The number of halogens is 1. The highest BCUT2D eigenvalue weighted by Gasteiger charge is 2.22. The van der Waals surface area contributed by atoms with Gasteiger partial charge in [0.1, 0.15) is 0 Å². The van der Waals surface area contributed by atoms with Crippen LogP contribution >= 0.6 is 27.3 Å². The van der Waals surface area contributed by atoms with Gasteiger partial charge in [-0.2, -0.15) is 0 Å². The van der Waals surface area contributed by atoms with Gasteiger partial charge in [-0.15, -0.1) is 11.3 Å². The average molecular weight is 288 g/mol. The summed E-state index contributed by atoms with van der Waals surface area (Å²) in [5, 5.41) is 3.73. The smallest absolute Gasteiger partial charge is 0.0701 e. The van der Waals surface area contributed by atoms with Crippen LogP contribution in [-0.2, 0) is 0 Å². The minimum atomic E-state index is 0.497. The first-order valence-corrected chi connectivity index (χ1v) is 7.27. The molecule has 1 aromatic rings. The Morgan fingerprint density at radius 3 is 2.80 bits per heavy atom. The summed E-state index contributed by atoms with van der Waals surface area (Å²) < 4.78 is 1.23. The molecule has 0 radical (unpaired) electrons. The van der Waals surface area contributed by atoms with Gasteiger partial charge in [0.05, 0.1) is 3.79 Å². The largest absolute Gasteiger partial charge is 0.307 e. The van der Waals surface area contributed by atoms with Crippen LogP contribution in [0.3, 0.4) is 0 Å². The molecule has 84 valence electrons. The molecule has 0 saturated heterocycles. The van der Waals surface area contributed by atoms with E-state index < -0.39 is 0 Å². The fraction of sp³-hybridized carbons (Fsp3) is 0.667. The fourth-order valence-electron chi connectivity index (χ4n) is 2.36. The van der Waals surface area contributed by atoms with Gasteiger partial charge in [0.15, 0.2) is 0 Å². The molecule has 0 spiro atoms. The first-order chi connectivity index (χ1) is 7.15. The quantitative estimate of drug-likeness (QED) is 0.872. The maximum atomic E-state index is 3.73. The second-order valence-corrected chi connectivity index (χ2v) is 7.14. The van der Waals surface area contributed by atoms with E-state index in [2.05, 4.69) is 47.2 Å². The van der Waals surface area contributed by atoms with Crippen LogP contribution in [0, 0.1) is 5.92 Å². The Balaban J connectivity index is 1.89. The van der Waals surface area contributed by atoms with E-state index in [1.54, 1.807) is 0 Å². The summed E-state index contributed by atoms with van der Waals surface area (Å²) in [7, 11) is 0. The molecule has 0 aromatic carbocycles. The van der Waals surface area contributed by atoms with Crippen LogP contribution in [0.4, 0.5) is 0 Å². The predicted molar refractivity (Wildman–Crippen MR) is 70.4 cm³/mol. The van der Waals surface area contributed by atoms with Crippen LogP contribution in [0.15, 0.2) is 15.9 Å². The van der Waals surface area contributed by atoms with Crippen LogP contribution in [0.2, 0.25) is 0 Å². The lowest BCUT2D eigenvalue weighted by Gasteiger charge is -2.18. The molecule has 0 bridgehead atoms. The number of hydrogen-bond acceptors (Lipinski definition) is 2. The molecule has 1 nitrogen and oxygen atoms in total. The Hall–Kier alpha value is 0.140. The van der Waals surface area contributed by atoms with E-state index in [0.717, 1.165) is 12.0 Å².